The lowest BCUT2D eigenvalue weighted by Crippen LogP contribution is -2.27. The molecule has 0 unspecified atom stereocenters. The molecule has 0 radical (unpaired) electrons. The fourth-order valence-electron chi connectivity index (χ4n) is 3.15. The quantitative estimate of drug-likeness (QED) is 0.837. The van der Waals surface area contributed by atoms with E-state index in [4.69, 9.17) is 0 Å². The lowest BCUT2D eigenvalue weighted by molar-refractivity contribution is 0.0847. The number of carbonyl (C=O) groups excluding carboxylic acids is 1. The minimum Gasteiger partial charge on any atom is -0.381 e. The zero-order valence-corrected chi connectivity index (χ0v) is 13.8. The Labute approximate surface area is 132 Å². The summed E-state index contributed by atoms with van der Waals surface area (Å²) in [5, 5.41) is 6.96. The first-order valence-electron chi connectivity index (χ1n) is 8.41. The van der Waals surface area contributed by atoms with Crippen molar-refractivity contribution in [2.75, 3.05) is 17.2 Å². The van der Waals surface area contributed by atoms with Crippen molar-refractivity contribution < 1.29 is 4.79 Å². The predicted octanol–water partition coefficient (Wildman–Crippen LogP) is 3.42. The normalized spacial score (nSPS) is 18.7. The molecule has 5 nitrogen and oxygen atoms in total. The highest BCUT2D eigenvalue weighted by Crippen LogP contribution is 2.31. The summed E-state index contributed by atoms with van der Waals surface area (Å²) in [4.78, 5) is 21.7. The molecule has 5 heteroatoms. The number of hydrogen-bond donors (Lipinski definition) is 2. The molecule has 0 aromatic carbocycles. The van der Waals surface area contributed by atoms with Gasteiger partial charge in [-0.15, -0.1) is 0 Å². The van der Waals surface area contributed by atoms with Crippen LogP contribution in [0, 0.1) is 5.41 Å². The van der Waals surface area contributed by atoms with Crippen molar-refractivity contribution in [1.29, 1.82) is 0 Å². The SMILES string of the molecule is CC(C)(C)C(=O)c1nc2c(c(NC3CCCC3)n1)NCCC2. The first-order chi connectivity index (χ1) is 10.4. The summed E-state index contributed by atoms with van der Waals surface area (Å²) in [5.41, 5.74) is 1.53. The van der Waals surface area contributed by atoms with Crippen LogP contribution in [-0.2, 0) is 6.42 Å². The molecule has 0 atom stereocenters. The highest BCUT2D eigenvalue weighted by molar-refractivity contribution is 5.97. The number of anilines is 2. The molecule has 0 bridgehead atoms. The number of nitrogens with one attached hydrogen (secondary N) is 2. The van der Waals surface area contributed by atoms with Crippen molar-refractivity contribution in [3.63, 3.8) is 0 Å². The Morgan fingerprint density at radius 3 is 2.59 bits per heavy atom. The third kappa shape index (κ3) is 3.08. The lowest BCUT2D eigenvalue weighted by Gasteiger charge is -2.24. The Balaban J connectivity index is 1.96. The molecule has 1 aromatic rings. The molecule has 0 saturated heterocycles. The van der Waals surface area contributed by atoms with E-state index >= 15 is 0 Å². The van der Waals surface area contributed by atoms with Gasteiger partial charge in [0.1, 0.15) is 0 Å². The Hall–Kier alpha value is -1.65. The van der Waals surface area contributed by atoms with Gasteiger partial charge in [0.05, 0.1) is 11.4 Å². The van der Waals surface area contributed by atoms with Crippen molar-refractivity contribution in [2.24, 2.45) is 5.41 Å². The van der Waals surface area contributed by atoms with Crippen molar-refractivity contribution in [1.82, 2.24) is 9.97 Å². The summed E-state index contributed by atoms with van der Waals surface area (Å²) in [6.45, 7) is 6.70. The van der Waals surface area contributed by atoms with Crippen LogP contribution in [0.4, 0.5) is 11.5 Å². The molecule has 120 valence electrons. The van der Waals surface area contributed by atoms with E-state index in [0.717, 1.165) is 36.6 Å². The number of hydrogen-bond acceptors (Lipinski definition) is 5. The maximum Gasteiger partial charge on any atom is 0.205 e. The van der Waals surface area contributed by atoms with Crippen LogP contribution in [0.5, 0.6) is 0 Å². The average Bonchev–Trinajstić information content (AvgIpc) is 2.98. The molecule has 1 fully saturated rings. The molecule has 22 heavy (non-hydrogen) atoms. The number of aromatic nitrogens is 2. The second kappa shape index (κ2) is 5.86. The summed E-state index contributed by atoms with van der Waals surface area (Å²) in [7, 11) is 0. The van der Waals surface area contributed by atoms with Crippen LogP contribution in [-0.4, -0.2) is 28.3 Å². The highest BCUT2D eigenvalue weighted by Gasteiger charge is 2.29. The fraction of sp³-hybridized carbons (Fsp3) is 0.706. The van der Waals surface area contributed by atoms with Gasteiger partial charge in [-0.1, -0.05) is 33.6 Å². The van der Waals surface area contributed by atoms with Crippen molar-refractivity contribution in [2.45, 2.75) is 65.3 Å². The van der Waals surface area contributed by atoms with E-state index in [2.05, 4.69) is 20.6 Å². The molecule has 1 aromatic heterocycles. The lowest BCUT2D eigenvalue weighted by atomic mass is 9.90. The van der Waals surface area contributed by atoms with Gasteiger partial charge in [-0.25, -0.2) is 9.97 Å². The molecule has 1 aliphatic carbocycles. The maximum atomic E-state index is 12.6. The van der Waals surface area contributed by atoms with Crippen molar-refractivity contribution >= 4 is 17.3 Å². The molecule has 0 amide bonds. The van der Waals surface area contributed by atoms with Crippen molar-refractivity contribution in [3.8, 4) is 0 Å². The van der Waals surface area contributed by atoms with Gasteiger partial charge < -0.3 is 10.6 Å². The Morgan fingerprint density at radius 1 is 1.18 bits per heavy atom. The Kier molecular flexibility index (Phi) is 4.06. The van der Waals surface area contributed by atoms with Crippen LogP contribution in [0.2, 0.25) is 0 Å². The van der Waals surface area contributed by atoms with E-state index in [9.17, 15) is 4.79 Å². The summed E-state index contributed by atoms with van der Waals surface area (Å²) in [5.74, 6) is 1.19. The minimum absolute atomic E-state index is 0.00958. The summed E-state index contributed by atoms with van der Waals surface area (Å²) in [6.07, 6.45) is 6.87. The zero-order valence-electron chi connectivity index (χ0n) is 13.8. The van der Waals surface area contributed by atoms with E-state index < -0.39 is 5.41 Å². The van der Waals surface area contributed by atoms with Crippen LogP contribution >= 0.6 is 0 Å². The maximum absolute atomic E-state index is 12.6. The Morgan fingerprint density at radius 2 is 1.91 bits per heavy atom. The largest absolute Gasteiger partial charge is 0.381 e. The van der Waals surface area contributed by atoms with Gasteiger partial charge in [0.15, 0.2) is 11.6 Å². The molecular formula is C17H26N4O. The molecule has 0 spiro atoms. The number of aryl methyl sites for hydroxylation is 1. The van der Waals surface area contributed by atoms with Crippen LogP contribution in [0.25, 0.3) is 0 Å². The zero-order chi connectivity index (χ0) is 15.7. The van der Waals surface area contributed by atoms with Gasteiger partial charge in [0, 0.05) is 18.0 Å². The van der Waals surface area contributed by atoms with Gasteiger partial charge in [-0.05, 0) is 25.7 Å². The monoisotopic (exact) mass is 302 g/mol. The standard InChI is InChI=1S/C17H26N4O/c1-17(2,3)14(22)16-20-12-9-6-10-18-13(12)15(21-16)19-11-7-4-5-8-11/h11,18H,4-10H2,1-3H3,(H,19,20,21). The number of carbonyl (C=O) groups is 1. The first-order valence-corrected chi connectivity index (χ1v) is 8.41. The van der Waals surface area contributed by atoms with Gasteiger partial charge in [0.2, 0.25) is 5.78 Å². The minimum atomic E-state index is -0.457. The number of fused-ring (bicyclic) bond motifs is 1. The third-order valence-corrected chi connectivity index (χ3v) is 4.46. The van der Waals surface area contributed by atoms with Gasteiger partial charge in [0.25, 0.3) is 0 Å². The molecular weight excluding hydrogens is 276 g/mol. The average molecular weight is 302 g/mol. The van der Waals surface area contributed by atoms with Crippen LogP contribution in [0.3, 0.4) is 0 Å². The van der Waals surface area contributed by atoms with Gasteiger partial charge in [-0.2, -0.15) is 0 Å². The molecule has 3 rings (SSSR count). The number of rotatable bonds is 3. The molecule has 1 saturated carbocycles. The topological polar surface area (TPSA) is 66.9 Å². The van der Waals surface area contributed by atoms with Crippen LogP contribution < -0.4 is 10.6 Å². The number of ketones is 1. The second-order valence-corrected chi connectivity index (χ2v) is 7.45. The van der Waals surface area contributed by atoms with Gasteiger partial charge >= 0.3 is 0 Å². The number of Topliss-reactive ketones (excluding diaryl/α,β-unsaturated/α-hetero) is 1. The number of nitrogens with zero attached hydrogens (tertiary/aromatic N) is 2. The van der Waals surface area contributed by atoms with Gasteiger partial charge in [-0.3, -0.25) is 4.79 Å². The second-order valence-electron chi connectivity index (χ2n) is 7.45. The van der Waals surface area contributed by atoms with Crippen LogP contribution in [0.1, 0.15) is 69.2 Å². The van der Waals surface area contributed by atoms with E-state index in [1.54, 1.807) is 0 Å². The summed E-state index contributed by atoms with van der Waals surface area (Å²) >= 11 is 0. The van der Waals surface area contributed by atoms with Crippen molar-refractivity contribution in [3.05, 3.63) is 11.5 Å². The molecule has 2 heterocycles. The highest BCUT2D eigenvalue weighted by atomic mass is 16.1. The van der Waals surface area contributed by atoms with E-state index in [0.29, 0.717) is 11.9 Å². The summed E-state index contributed by atoms with van der Waals surface area (Å²) in [6, 6.07) is 0.473. The smallest absolute Gasteiger partial charge is 0.205 e. The van der Waals surface area contributed by atoms with E-state index in [1.165, 1.54) is 25.7 Å². The molecule has 1 aliphatic heterocycles. The van der Waals surface area contributed by atoms with E-state index in [-0.39, 0.29) is 5.78 Å². The molecule has 2 N–H and O–H groups in total. The van der Waals surface area contributed by atoms with Crippen LogP contribution in [0.15, 0.2) is 0 Å². The summed E-state index contributed by atoms with van der Waals surface area (Å²) < 4.78 is 0. The fourth-order valence-corrected chi connectivity index (χ4v) is 3.15. The Bertz CT molecular complexity index is 571. The third-order valence-electron chi connectivity index (χ3n) is 4.46. The van der Waals surface area contributed by atoms with E-state index in [1.807, 2.05) is 20.8 Å². The predicted molar refractivity (Wildman–Crippen MR) is 88.5 cm³/mol. The first kappa shape index (κ1) is 15.3. The molecule has 2 aliphatic rings.